The van der Waals surface area contributed by atoms with Crippen molar-refractivity contribution < 1.29 is 9.59 Å². The maximum Gasteiger partial charge on any atom is 0.262 e. The minimum absolute atomic E-state index is 0.132. The molecule has 2 rings (SSSR count). The van der Waals surface area contributed by atoms with E-state index in [1.807, 2.05) is 6.07 Å². The number of halogens is 1. The fourth-order valence-corrected chi connectivity index (χ4v) is 3.78. The van der Waals surface area contributed by atoms with Gasteiger partial charge in [0.05, 0.1) is 8.66 Å². The van der Waals surface area contributed by atoms with Gasteiger partial charge in [-0.2, -0.15) is 0 Å². The summed E-state index contributed by atoms with van der Waals surface area (Å²) in [6.45, 7) is 4.51. The normalized spacial score (nSPS) is 19.5. The van der Waals surface area contributed by atoms with Gasteiger partial charge in [0.25, 0.3) is 5.91 Å². The molecular weight excluding hydrogens is 366 g/mol. The molecule has 1 aliphatic rings. The van der Waals surface area contributed by atoms with Gasteiger partial charge in [0.2, 0.25) is 5.91 Å². The second kappa shape index (κ2) is 8.64. The number of carbonyl (C=O) groups excluding carboxylic acids is 2. The van der Waals surface area contributed by atoms with Gasteiger partial charge in [-0.1, -0.05) is 0 Å². The smallest absolute Gasteiger partial charge is 0.262 e. The quantitative estimate of drug-likeness (QED) is 0.699. The van der Waals surface area contributed by atoms with Crippen molar-refractivity contribution in [1.29, 1.82) is 0 Å². The molecule has 0 spiro atoms. The van der Waals surface area contributed by atoms with Crippen LogP contribution in [0.15, 0.2) is 15.9 Å². The number of rotatable bonds is 6. The summed E-state index contributed by atoms with van der Waals surface area (Å²) in [5, 5.41) is 9.00. The van der Waals surface area contributed by atoms with Gasteiger partial charge in [0, 0.05) is 6.54 Å². The summed E-state index contributed by atoms with van der Waals surface area (Å²) in [4.78, 5) is 24.6. The molecule has 1 aromatic heterocycles. The second-order valence-corrected chi connectivity index (χ2v) is 8.05. The Kier molecular flexibility index (Phi) is 6.85. The number of hydrogen-bond acceptors (Lipinski definition) is 4. The molecule has 0 bridgehead atoms. The highest BCUT2D eigenvalue weighted by molar-refractivity contribution is 9.11. The standard InChI is InChI=1S/C15H22BrN3O2S/c1-10(19-15(21)12-4-5-13(16)22-12)14(20)18-8-6-11-3-2-7-17-9-11/h4-5,10-11,17H,2-3,6-9H2,1H3,(H,18,20)(H,19,21). The van der Waals surface area contributed by atoms with Gasteiger partial charge >= 0.3 is 0 Å². The first-order chi connectivity index (χ1) is 10.6. The van der Waals surface area contributed by atoms with Crippen molar-refractivity contribution in [1.82, 2.24) is 16.0 Å². The highest BCUT2D eigenvalue weighted by Gasteiger charge is 2.18. The van der Waals surface area contributed by atoms with E-state index in [2.05, 4.69) is 31.9 Å². The van der Waals surface area contributed by atoms with Crippen molar-refractivity contribution in [3.8, 4) is 0 Å². The Balaban J connectivity index is 1.69. The summed E-state index contributed by atoms with van der Waals surface area (Å²) in [5.41, 5.74) is 0. The molecule has 2 heterocycles. The van der Waals surface area contributed by atoms with Gasteiger partial charge < -0.3 is 16.0 Å². The maximum atomic E-state index is 12.0. The van der Waals surface area contributed by atoms with Crippen LogP contribution in [0.1, 0.15) is 35.9 Å². The summed E-state index contributed by atoms with van der Waals surface area (Å²) in [6.07, 6.45) is 3.42. The molecule has 1 aliphatic heterocycles. The van der Waals surface area contributed by atoms with Crippen molar-refractivity contribution >= 4 is 39.1 Å². The molecule has 1 aromatic rings. The molecule has 2 atom stereocenters. The lowest BCUT2D eigenvalue weighted by molar-refractivity contribution is -0.122. The van der Waals surface area contributed by atoms with Crippen LogP contribution in [0.3, 0.4) is 0 Å². The van der Waals surface area contributed by atoms with Gasteiger partial charge in [-0.15, -0.1) is 11.3 Å². The van der Waals surface area contributed by atoms with Crippen LogP contribution in [0.2, 0.25) is 0 Å². The zero-order valence-electron chi connectivity index (χ0n) is 12.7. The maximum absolute atomic E-state index is 12.0. The number of carbonyl (C=O) groups is 2. The van der Waals surface area contributed by atoms with Crippen LogP contribution in [0.5, 0.6) is 0 Å². The van der Waals surface area contributed by atoms with Crippen LogP contribution in [0, 0.1) is 5.92 Å². The third kappa shape index (κ3) is 5.37. The Morgan fingerprint density at radius 1 is 1.50 bits per heavy atom. The number of thiophene rings is 1. The van der Waals surface area contributed by atoms with E-state index in [4.69, 9.17) is 0 Å². The molecule has 1 fully saturated rings. The van der Waals surface area contributed by atoms with Crippen LogP contribution >= 0.6 is 27.3 Å². The highest BCUT2D eigenvalue weighted by atomic mass is 79.9. The molecule has 22 heavy (non-hydrogen) atoms. The SMILES string of the molecule is CC(NC(=O)c1ccc(Br)s1)C(=O)NCCC1CCCNC1. The second-order valence-electron chi connectivity index (χ2n) is 5.59. The Labute approximate surface area is 143 Å². The van der Waals surface area contributed by atoms with Crippen molar-refractivity contribution in [2.24, 2.45) is 5.92 Å². The molecule has 7 heteroatoms. The Hall–Kier alpha value is -0.920. The van der Waals surface area contributed by atoms with Gasteiger partial charge in [0.1, 0.15) is 6.04 Å². The van der Waals surface area contributed by atoms with Crippen molar-refractivity contribution in [3.63, 3.8) is 0 Å². The molecule has 3 N–H and O–H groups in total. The van der Waals surface area contributed by atoms with Crippen LogP contribution in [0.25, 0.3) is 0 Å². The van der Waals surface area contributed by atoms with Crippen LogP contribution in [0.4, 0.5) is 0 Å². The van der Waals surface area contributed by atoms with E-state index >= 15 is 0 Å². The lowest BCUT2D eigenvalue weighted by Crippen LogP contribution is -2.45. The lowest BCUT2D eigenvalue weighted by Gasteiger charge is -2.23. The summed E-state index contributed by atoms with van der Waals surface area (Å²) >= 11 is 4.67. The number of amides is 2. The first-order valence-electron chi connectivity index (χ1n) is 7.61. The Morgan fingerprint density at radius 3 is 2.95 bits per heavy atom. The van der Waals surface area contributed by atoms with Crippen LogP contribution < -0.4 is 16.0 Å². The summed E-state index contributed by atoms with van der Waals surface area (Å²) in [7, 11) is 0. The predicted octanol–water partition coefficient (Wildman–Crippen LogP) is 2.13. The van der Waals surface area contributed by atoms with E-state index in [-0.39, 0.29) is 11.8 Å². The zero-order valence-corrected chi connectivity index (χ0v) is 15.1. The molecule has 1 saturated heterocycles. The molecular formula is C15H22BrN3O2S. The van der Waals surface area contributed by atoms with E-state index in [1.165, 1.54) is 24.2 Å². The molecule has 122 valence electrons. The van der Waals surface area contributed by atoms with Gasteiger partial charge in [-0.3, -0.25) is 9.59 Å². The molecule has 5 nitrogen and oxygen atoms in total. The van der Waals surface area contributed by atoms with E-state index < -0.39 is 6.04 Å². The molecule has 0 radical (unpaired) electrons. The van der Waals surface area contributed by atoms with Crippen LogP contribution in [-0.2, 0) is 4.79 Å². The third-order valence-electron chi connectivity index (χ3n) is 3.79. The highest BCUT2D eigenvalue weighted by Crippen LogP contribution is 2.21. The number of piperidine rings is 1. The molecule has 2 unspecified atom stereocenters. The van der Waals surface area contributed by atoms with Crippen molar-refractivity contribution in [2.75, 3.05) is 19.6 Å². The monoisotopic (exact) mass is 387 g/mol. The summed E-state index contributed by atoms with van der Waals surface area (Å²) in [5.74, 6) is 0.296. The van der Waals surface area contributed by atoms with Gasteiger partial charge in [-0.25, -0.2) is 0 Å². The predicted molar refractivity (Wildman–Crippen MR) is 92.2 cm³/mol. The molecule has 0 aliphatic carbocycles. The first kappa shape index (κ1) is 17.4. The van der Waals surface area contributed by atoms with E-state index in [9.17, 15) is 9.59 Å². The van der Waals surface area contributed by atoms with Crippen molar-refractivity contribution in [2.45, 2.75) is 32.2 Å². The van der Waals surface area contributed by atoms with Gasteiger partial charge in [-0.05, 0) is 73.3 Å². The lowest BCUT2D eigenvalue weighted by atomic mass is 9.96. The fourth-order valence-electron chi connectivity index (χ4n) is 2.49. The fraction of sp³-hybridized carbons (Fsp3) is 0.600. The van der Waals surface area contributed by atoms with E-state index in [1.54, 1.807) is 13.0 Å². The molecule has 0 saturated carbocycles. The summed E-state index contributed by atoms with van der Waals surface area (Å²) in [6, 6.07) is 3.03. The topological polar surface area (TPSA) is 70.2 Å². The third-order valence-corrected chi connectivity index (χ3v) is 5.41. The first-order valence-corrected chi connectivity index (χ1v) is 9.22. The molecule has 2 amide bonds. The zero-order chi connectivity index (χ0) is 15.9. The molecule has 0 aromatic carbocycles. The summed E-state index contributed by atoms with van der Waals surface area (Å²) < 4.78 is 0.899. The Bertz CT molecular complexity index is 515. The average molecular weight is 388 g/mol. The van der Waals surface area contributed by atoms with E-state index in [0.29, 0.717) is 17.3 Å². The minimum Gasteiger partial charge on any atom is -0.354 e. The van der Waals surface area contributed by atoms with Crippen LogP contribution in [-0.4, -0.2) is 37.5 Å². The average Bonchev–Trinajstić information content (AvgIpc) is 2.95. The number of nitrogens with one attached hydrogen (secondary N) is 3. The largest absolute Gasteiger partial charge is 0.354 e. The number of hydrogen-bond donors (Lipinski definition) is 3. The Morgan fingerprint density at radius 2 is 2.32 bits per heavy atom. The van der Waals surface area contributed by atoms with Gasteiger partial charge in [0.15, 0.2) is 0 Å². The van der Waals surface area contributed by atoms with E-state index in [0.717, 1.165) is 23.3 Å². The van der Waals surface area contributed by atoms with Crippen molar-refractivity contribution in [3.05, 3.63) is 20.8 Å². The minimum atomic E-state index is -0.530.